The molecule has 1 saturated heterocycles. The summed E-state index contributed by atoms with van der Waals surface area (Å²) in [7, 11) is 0. The van der Waals surface area contributed by atoms with Crippen molar-refractivity contribution in [3.63, 3.8) is 0 Å². The number of carbonyl (C=O) groups is 1. The Morgan fingerprint density at radius 1 is 1.23 bits per heavy atom. The molecular formula is C22H30O4. The highest BCUT2D eigenvalue weighted by molar-refractivity contribution is 5.92. The van der Waals surface area contributed by atoms with Crippen LogP contribution in [0.3, 0.4) is 0 Å². The Bertz CT molecular complexity index is 740. The van der Waals surface area contributed by atoms with E-state index in [0.29, 0.717) is 30.3 Å². The maximum absolute atomic E-state index is 12.1. The number of hydrogen-bond donors (Lipinski definition) is 1. The molecule has 142 valence electrons. The molecule has 0 aromatic rings. The Hall–Kier alpha value is -0.870. The van der Waals surface area contributed by atoms with Gasteiger partial charge in [-0.1, -0.05) is 20.8 Å². The number of cyclic esters (lactones) is 1. The van der Waals surface area contributed by atoms with E-state index in [1.54, 1.807) is 0 Å². The van der Waals surface area contributed by atoms with Crippen molar-refractivity contribution in [3.8, 4) is 0 Å². The van der Waals surface area contributed by atoms with Crippen molar-refractivity contribution < 1.29 is 19.4 Å². The number of epoxide rings is 1. The molecule has 0 radical (unpaired) electrons. The van der Waals surface area contributed by atoms with Crippen LogP contribution in [-0.4, -0.2) is 35.5 Å². The lowest BCUT2D eigenvalue weighted by molar-refractivity contribution is -0.250. The fourth-order valence-electron chi connectivity index (χ4n) is 8.54. The van der Waals surface area contributed by atoms with Gasteiger partial charge >= 0.3 is 5.97 Å². The lowest BCUT2D eigenvalue weighted by Crippen LogP contribution is -2.73. The van der Waals surface area contributed by atoms with E-state index in [1.807, 2.05) is 0 Å². The zero-order valence-electron chi connectivity index (χ0n) is 16.1. The summed E-state index contributed by atoms with van der Waals surface area (Å²) >= 11 is 0. The molecule has 4 aliphatic carbocycles. The van der Waals surface area contributed by atoms with Crippen molar-refractivity contribution in [3.05, 3.63) is 11.1 Å². The predicted molar refractivity (Wildman–Crippen MR) is 95.1 cm³/mol. The summed E-state index contributed by atoms with van der Waals surface area (Å²) in [6.45, 7) is 7.45. The summed E-state index contributed by atoms with van der Waals surface area (Å²) in [5.41, 5.74) is 2.15. The first-order chi connectivity index (χ1) is 12.4. The topological polar surface area (TPSA) is 59.1 Å². The molecule has 2 spiro atoms. The second kappa shape index (κ2) is 4.57. The zero-order chi connectivity index (χ0) is 18.1. The first-order valence-electron chi connectivity index (χ1n) is 10.6. The van der Waals surface area contributed by atoms with Crippen LogP contribution in [-0.2, 0) is 14.3 Å². The number of carbonyl (C=O) groups excluding carboxylic acids is 1. The fraction of sp³-hybridized carbons (Fsp3) is 0.864. The van der Waals surface area contributed by atoms with Gasteiger partial charge in [0.25, 0.3) is 0 Å². The molecule has 0 bridgehead atoms. The number of ether oxygens (including phenoxy) is 2. The summed E-state index contributed by atoms with van der Waals surface area (Å²) in [6, 6.07) is 0. The number of aliphatic hydroxyl groups excluding tert-OH is 1. The number of rotatable bonds is 1. The highest BCUT2D eigenvalue weighted by Gasteiger charge is 2.86. The summed E-state index contributed by atoms with van der Waals surface area (Å²) in [4.78, 5) is 12.1. The third-order valence-electron chi connectivity index (χ3n) is 9.84. The van der Waals surface area contributed by atoms with Crippen molar-refractivity contribution in [2.75, 3.05) is 6.61 Å². The van der Waals surface area contributed by atoms with Crippen molar-refractivity contribution in [1.82, 2.24) is 0 Å². The molecule has 2 aliphatic heterocycles. The van der Waals surface area contributed by atoms with Gasteiger partial charge in [0.05, 0.1) is 12.2 Å². The van der Waals surface area contributed by atoms with Gasteiger partial charge < -0.3 is 14.6 Å². The van der Waals surface area contributed by atoms with Gasteiger partial charge in [-0.15, -0.1) is 0 Å². The minimum absolute atomic E-state index is 0.0817. The van der Waals surface area contributed by atoms with Gasteiger partial charge in [0.1, 0.15) is 12.2 Å². The monoisotopic (exact) mass is 358 g/mol. The van der Waals surface area contributed by atoms with Crippen LogP contribution in [0, 0.1) is 34.5 Å². The van der Waals surface area contributed by atoms with Gasteiger partial charge in [0, 0.05) is 11.0 Å². The molecular weight excluding hydrogens is 328 g/mol. The molecule has 2 heterocycles. The Labute approximate surface area is 155 Å². The van der Waals surface area contributed by atoms with Crippen LogP contribution in [0.2, 0.25) is 0 Å². The van der Waals surface area contributed by atoms with E-state index in [1.165, 1.54) is 18.4 Å². The van der Waals surface area contributed by atoms with E-state index in [4.69, 9.17) is 9.47 Å². The average molecular weight is 358 g/mol. The fourth-order valence-corrected chi connectivity index (χ4v) is 8.54. The first kappa shape index (κ1) is 16.1. The summed E-state index contributed by atoms with van der Waals surface area (Å²) in [6.07, 6.45) is 6.28. The predicted octanol–water partition coefficient (Wildman–Crippen LogP) is 3.23. The van der Waals surface area contributed by atoms with Gasteiger partial charge in [0.15, 0.2) is 0 Å². The molecule has 6 aliphatic rings. The molecule has 3 saturated carbocycles. The Kier molecular flexibility index (Phi) is 2.84. The quantitative estimate of drug-likeness (QED) is 0.577. The van der Waals surface area contributed by atoms with E-state index >= 15 is 0 Å². The molecule has 0 amide bonds. The van der Waals surface area contributed by atoms with E-state index < -0.39 is 0 Å². The van der Waals surface area contributed by atoms with E-state index in [2.05, 4.69) is 20.8 Å². The minimum atomic E-state index is -0.335. The highest BCUT2D eigenvalue weighted by Crippen LogP contribution is 2.82. The Morgan fingerprint density at radius 2 is 2.04 bits per heavy atom. The molecule has 2 unspecified atom stereocenters. The van der Waals surface area contributed by atoms with Crippen molar-refractivity contribution in [2.24, 2.45) is 34.5 Å². The standard InChI is InChI=1S/C22H30O4/c1-11(2)14-8-12-4-7-21(12)20(3)6-5-13-15(10-25-19(13)24)16(20)9-17-22(21,26-17)18(14)23/h11-12,14,16-18,23H,4-10H2,1-3H3/t12-,14?,16?,17-,18+,20-,21-,22+/m0/s1. The maximum atomic E-state index is 12.1. The van der Waals surface area contributed by atoms with Crippen LogP contribution in [0.1, 0.15) is 59.3 Å². The van der Waals surface area contributed by atoms with Crippen LogP contribution in [0.25, 0.3) is 0 Å². The number of aliphatic hydroxyl groups is 1. The summed E-state index contributed by atoms with van der Waals surface area (Å²) in [5, 5.41) is 11.5. The van der Waals surface area contributed by atoms with E-state index in [9.17, 15) is 9.90 Å². The molecule has 0 aromatic carbocycles. The van der Waals surface area contributed by atoms with E-state index in [0.717, 1.165) is 31.3 Å². The Balaban J connectivity index is 1.49. The van der Waals surface area contributed by atoms with Gasteiger partial charge in [0.2, 0.25) is 0 Å². The molecule has 8 atom stereocenters. The largest absolute Gasteiger partial charge is 0.458 e. The smallest absolute Gasteiger partial charge is 0.334 e. The second-order valence-electron chi connectivity index (χ2n) is 10.5. The Morgan fingerprint density at radius 3 is 2.73 bits per heavy atom. The number of fused-ring (bicyclic) bond motifs is 2. The van der Waals surface area contributed by atoms with Crippen LogP contribution in [0.5, 0.6) is 0 Å². The lowest BCUT2D eigenvalue weighted by atomic mass is 9.31. The highest BCUT2D eigenvalue weighted by atomic mass is 16.6. The van der Waals surface area contributed by atoms with Crippen molar-refractivity contribution in [1.29, 1.82) is 0 Å². The van der Waals surface area contributed by atoms with Crippen LogP contribution < -0.4 is 0 Å². The second-order valence-corrected chi connectivity index (χ2v) is 10.5. The summed E-state index contributed by atoms with van der Waals surface area (Å²) < 4.78 is 11.9. The average Bonchev–Trinajstić information content (AvgIpc) is 3.17. The van der Waals surface area contributed by atoms with Gasteiger partial charge in [-0.05, 0) is 73.2 Å². The molecule has 0 aromatic heterocycles. The van der Waals surface area contributed by atoms with Gasteiger partial charge in [-0.2, -0.15) is 0 Å². The zero-order valence-corrected chi connectivity index (χ0v) is 16.1. The molecule has 4 nitrogen and oxygen atoms in total. The number of esters is 1. The molecule has 1 N–H and O–H groups in total. The number of hydrogen-bond acceptors (Lipinski definition) is 4. The van der Waals surface area contributed by atoms with E-state index in [-0.39, 0.29) is 34.6 Å². The van der Waals surface area contributed by atoms with Gasteiger partial charge in [-0.3, -0.25) is 0 Å². The molecule has 4 fully saturated rings. The van der Waals surface area contributed by atoms with Crippen molar-refractivity contribution in [2.45, 2.75) is 77.1 Å². The van der Waals surface area contributed by atoms with Gasteiger partial charge in [-0.25, -0.2) is 4.79 Å². The normalized spacial score (nSPS) is 56.7. The SMILES string of the molecule is CC(C)C1C[C@@H]2CC[C@]23[C@]2(O[C@H]2CC2C4=C(CC[C@@]23C)C(=O)OC4)[C@@H]1O. The molecule has 6 rings (SSSR count). The van der Waals surface area contributed by atoms with Crippen LogP contribution in [0.4, 0.5) is 0 Å². The minimum Gasteiger partial charge on any atom is -0.458 e. The maximum Gasteiger partial charge on any atom is 0.334 e. The van der Waals surface area contributed by atoms with Crippen LogP contribution in [0.15, 0.2) is 11.1 Å². The summed E-state index contributed by atoms with van der Waals surface area (Å²) in [5.74, 6) is 1.82. The molecule has 26 heavy (non-hydrogen) atoms. The van der Waals surface area contributed by atoms with Crippen molar-refractivity contribution >= 4 is 5.97 Å². The third-order valence-corrected chi connectivity index (χ3v) is 9.84. The molecule has 4 heteroatoms. The lowest BCUT2D eigenvalue weighted by Gasteiger charge is -2.71. The van der Waals surface area contributed by atoms with Crippen LogP contribution >= 0.6 is 0 Å². The first-order valence-corrected chi connectivity index (χ1v) is 10.6. The third kappa shape index (κ3) is 1.43.